The molecule has 0 saturated heterocycles. The second-order valence-corrected chi connectivity index (χ2v) is 4.42. The smallest absolute Gasteiger partial charge is 0.226 e. The van der Waals surface area contributed by atoms with Crippen LogP contribution in [0.25, 0.3) is 11.0 Å². The molecule has 100 valence electrons. The van der Waals surface area contributed by atoms with Crippen LogP contribution >= 0.6 is 11.6 Å². The molecule has 0 atom stereocenters. The van der Waals surface area contributed by atoms with Crippen molar-refractivity contribution in [3.05, 3.63) is 40.8 Å². The number of nitriles is 2. The summed E-state index contributed by atoms with van der Waals surface area (Å²) in [6.45, 7) is 0. The van der Waals surface area contributed by atoms with Gasteiger partial charge < -0.3 is 5.32 Å². The van der Waals surface area contributed by atoms with E-state index in [2.05, 4.69) is 25.5 Å². The van der Waals surface area contributed by atoms with E-state index in [1.165, 1.54) is 0 Å². The Morgan fingerprint density at radius 3 is 2.71 bits per heavy atom. The topological polar surface area (TPSA) is 114 Å². The van der Waals surface area contributed by atoms with Crippen LogP contribution in [0.5, 0.6) is 0 Å². The van der Waals surface area contributed by atoms with Gasteiger partial charge in [0.15, 0.2) is 5.65 Å². The zero-order valence-electron chi connectivity index (χ0n) is 10.4. The van der Waals surface area contributed by atoms with Crippen molar-refractivity contribution in [1.82, 2.24) is 20.2 Å². The number of benzene rings is 1. The van der Waals surface area contributed by atoms with E-state index in [1.54, 1.807) is 24.4 Å². The van der Waals surface area contributed by atoms with Gasteiger partial charge >= 0.3 is 0 Å². The van der Waals surface area contributed by atoms with Gasteiger partial charge in [-0.15, -0.1) is 0 Å². The SMILES string of the molecule is N#Cc1ccc(Nc2nc(Cl)nc3[nH]ncc23)cc1C#N. The predicted octanol–water partition coefficient (Wildman–Crippen LogP) is 2.49. The molecule has 0 radical (unpaired) electrons. The van der Waals surface area contributed by atoms with Gasteiger partial charge in [-0.3, -0.25) is 5.10 Å². The fraction of sp³-hybridized carbons (Fsp3) is 0. The molecule has 0 aliphatic rings. The zero-order chi connectivity index (χ0) is 14.8. The summed E-state index contributed by atoms with van der Waals surface area (Å²) in [5, 5.41) is 28.3. The fourth-order valence-corrected chi connectivity index (χ4v) is 2.02. The molecule has 0 amide bonds. The van der Waals surface area contributed by atoms with Crippen LogP contribution in [0.3, 0.4) is 0 Å². The number of nitrogens with one attached hydrogen (secondary N) is 2. The van der Waals surface area contributed by atoms with E-state index in [-0.39, 0.29) is 10.8 Å². The van der Waals surface area contributed by atoms with Crippen molar-refractivity contribution in [2.45, 2.75) is 0 Å². The largest absolute Gasteiger partial charge is 0.339 e. The van der Waals surface area contributed by atoms with Crippen molar-refractivity contribution in [3.63, 3.8) is 0 Å². The maximum atomic E-state index is 9.03. The first-order valence-corrected chi connectivity index (χ1v) is 6.17. The van der Waals surface area contributed by atoms with Gasteiger partial charge in [-0.05, 0) is 29.8 Å². The second-order valence-electron chi connectivity index (χ2n) is 4.08. The molecule has 0 unspecified atom stereocenters. The number of anilines is 2. The van der Waals surface area contributed by atoms with E-state index in [0.29, 0.717) is 28.1 Å². The quantitative estimate of drug-likeness (QED) is 0.702. The molecule has 2 heterocycles. The number of fused-ring (bicyclic) bond motifs is 1. The van der Waals surface area contributed by atoms with Crippen molar-refractivity contribution >= 4 is 34.1 Å². The number of aromatic amines is 1. The van der Waals surface area contributed by atoms with E-state index in [1.807, 2.05) is 12.1 Å². The van der Waals surface area contributed by atoms with Crippen LogP contribution in [-0.4, -0.2) is 20.2 Å². The Bertz CT molecular complexity index is 916. The highest BCUT2D eigenvalue weighted by Gasteiger charge is 2.10. The van der Waals surface area contributed by atoms with Crippen LogP contribution in [0.4, 0.5) is 11.5 Å². The molecule has 3 aromatic rings. The maximum Gasteiger partial charge on any atom is 0.226 e. The van der Waals surface area contributed by atoms with Gasteiger partial charge in [-0.25, -0.2) is 0 Å². The first-order chi connectivity index (χ1) is 10.2. The van der Waals surface area contributed by atoms with Gasteiger partial charge in [-0.1, -0.05) is 0 Å². The summed E-state index contributed by atoms with van der Waals surface area (Å²) in [4.78, 5) is 8.10. The molecular formula is C13H6ClN7. The Kier molecular flexibility index (Phi) is 3.11. The summed E-state index contributed by atoms with van der Waals surface area (Å²) in [7, 11) is 0. The van der Waals surface area contributed by atoms with Gasteiger partial charge in [0.2, 0.25) is 5.28 Å². The van der Waals surface area contributed by atoms with Gasteiger partial charge in [-0.2, -0.15) is 25.6 Å². The molecule has 0 fully saturated rings. The molecule has 3 rings (SSSR count). The van der Waals surface area contributed by atoms with Gasteiger partial charge in [0, 0.05) is 5.69 Å². The first-order valence-electron chi connectivity index (χ1n) is 5.79. The highest BCUT2D eigenvalue weighted by molar-refractivity contribution is 6.28. The van der Waals surface area contributed by atoms with Gasteiger partial charge in [0.1, 0.15) is 18.0 Å². The number of halogens is 1. The minimum Gasteiger partial charge on any atom is -0.339 e. The minimum absolute atomic E-state index is 0.0726. The van der Waals surface area contributed by atoms with Crippen LogP contribution in [0.15, 0.2) is 24.4 Å². The van der Waals surface area contributed by atoms with Gasteiger partial charge in [0.25, 0.3) is 0 Å². The monoisotopic (exact) mass is 295 g/mol. The van der Waals surface area contributed by atoms with Crippen LogP contribution < -0.4 is 5.32 Å². The van der Waals surface area contributed by atoms with Crippen molar-refractivity contribution in [2.75, 3.05) is 5.32 Å². The Labute approximate surface area is 123 Å². The fourth-order valence-electron chi connectivity index (χ4n) is 1.85. The molecular weight excluding hydrogens is 290 g/mol. The molecule has 1 aromatic carbocycles. The molecule has 8 heteroatoms. The van der Waals surface area contributed by atoms with Crippen LogP contribution in [-0.2, 0) is 0 Å². The molecule has 2 N–H and O–H groups in total. The van der Waals surface area contributed by atoms with Gasteiger partial charge in [0.05, 0.1) is 22.7 Å². The lowest BCUT2D eigenvalue weighted by Crippen LogP contribution is -1.97. The van der Waals surface area contributed by atoms with Crippen molar-refractivity contribution in [1.29, 1.82) is 10.5 Å². The Balaban J connectivity index is 2.05. The second kappa shape index (κ2) is 5.08. The van der Waals surface area contributed by atoms with Crippen molar-refractivity contribution in [3.8, 4) is 12.1 Å². The summed E-state index contributed by atoms with van der Waals surface area (Å²) >= 11 is 5.85. The Morgan fingerprint density at radius 2 is 1.95 bits per heavy atom. The first kappa shape index (κ1) is 12.9. The van der Waals surface area contributed by atoms with Crippen LogP contribution in [0.2, 0.25) is 5.28 Å². The van der Waals surface area contributed by atoms with Crippen molar-refractivity contribution < 1.29 is 0 Å². The summed E-state index contributed by atoms with van der Waals surface area (Å²) in [5.41, 5.74) is 1.72. The summed E-state index contributed by atoms with van der Waals surface area (Å²) in [6, 6.07) is 8.75. The number of rotatable bonds is 2. The third-order valence-electron chi connectivity index (χ3n) is 2.81. The normalized spacial score (nSPS) is 10.0. The zero-order valence-corrected chi connectivity index (χ0v) is 11.2. The lowest BCUT2D eigenvalue weighted by molar-refractivity contribution is 1.09. The van der Waals surface area contributed by atoms with E-state index in [9.17, 15) is 0 Å². The number of nitrogens with zero attached hydrogens (tertiary/aromatic N) is 5. The molecule has 0 aliphatic carbocycles. The lowest BCUT2D eigenvalue weighted by Gasteiger charge is -2.07. The highest BCUT2D eigenvalue weighted by atomic mass is 35.5. The van der Waals surface area contributed by atoms with Crippen molar-refractivity contribution in [2.24, 2.45) is 0 Å². The molecule has 7 nitrogen and oxygen atoms in total. The molecule has 0 aliphatic heterocycles. The molecule has 0 spiro atoms. The average molecular weight is 296 g/mol. The summed E-state index contributed by atoms with van der Waals surface area (Å²) < 4.78 is 0. The third kappa shape index (κ3) is 2.34. The number of H-pyrrole nitrogens is 1. The average Bonchev–Trinajstić information content (AvgIpc) is 2.95. The van der Waals surface area contributed by atoms with Crippen LogP contribution in [0.1, 0.15) is 11.1 Å². The number of aromatic nitrogens is 4. The summed E-state index contributed by atoms with van der Waals surface area (Å²) in [6.07, 6.45) is 1.57. The third-order valence-corrected chi connectivity index (χ3v) is 2.97. The molecule has 0 saturated carbocycles. The molecule has 21 heavy (non-hydrogen) atoms. The Hall–Kier alpha value is -3.16. The molecule has 2 aromatic heterocycles. The highest BCUT2D eigenvalue weighted by Crippen LogP contribution is 2.24. The van der Waals surface area contributed by atoms with E-state index in [0.717, 1.165) is 0 Å². The summed E-state index contributed by atoms with van der Waals surface area (Å²) in [5.74, 6) is 0.465. The van der Waals surface area contributed by atoms with Crippen LogP contribution in [0, 0.1) is 22.7 Å². The Morgan fingerprint density at radius 1 is 1.14 bits per heavy atom. The number of hydrogen-bond donors (Lipinski definition) is 2. The maximum absolute atomic E-state index is 9.03. The standard InChI is InChI=1S/C13H6ClN7/c14-13-19-11(10-6-17-21-12(10)20-13)18-9-2-1-7(4-15)8(3-9)5-16/h1-3,6H,(H2,17,18,19,20,21). The number of hydrogen-bond acceptors (Lipinski definition) is 6. The van der Waals surface area contributed by atoms with E-state index >= 15 is 0 Å². The minimum atomic E-state index is 0.0726. The molecule has 0 bridgehead atoms. The van der Waals surface area contributed by atoms with E-state index < -0.39 is 0 Å². The lowest BCUT2D eigenvalue weighted by atomic mass is 10.1. The van der Waals surface area contributed by atoms with E-state index in [4.69, 9.17) is 22.1 Å². The predicted molar refractivity (Wildman–Crippen MR) is 75.8 cm³/mol.